The molecule has 3 N–H and O–H groups in total. The summed E-state index contributed by atoms with van der Waals surface area (Å²) in [5.74, 6) is 0.757. The molecule has 8 heteroatoms. The molecule has 1 fully saturated rings. The van der Waals surface area contributed by atoms with Gasteiger partial charge in [0.05, 0.1) is 18.2 Å². The lowest BCUT2D eigenvalue weighted by Crippen LogP contribution is -2.33. The Bertz CT molecular complexity index is 946. The molecule has 0 bridgehead atoms. The molecule has 23 heavy (non-hydrogen) atoms. The Morgan fingerprint density at radius 1 is 1.17 bits per heavy atom. The summed E-state index contributed by atoms with van der Waals surface area (Å²) >= 11 is 0. The minimum atomic E-state index is -0.534. The summed E-state index contributed by atoms with van der Waals surface area (Å²) < 4.78 is 1.05. The van der Waals surface area contributed by atoms with E-state index in [-0.39, 0.29) is 11.2 Å². The molecule has 8 nitrogen and oxygen atoms in total. The predicted molar refractivity (Wildman–Crippen MR) is 86.0 cm³/mol. The summed E-state index contributed by atoms with van der Waals surface area (Å²) in [6, 6.07) is 3.96. The summed E-state index contributed by atoms with van der Waals surface area (Å²) in [5, 5.41) is 3.37. The van der Waals surface area contributed by atoms with Crippen molar-refractivity contribution in [2.75, 3.05) is 5.32 Å². The fourth-order valence-electron chi connectivity index (χ4n) is 3.03. The summed E-state index contributed by atoms with van der Waals surface area (Å²) in [4.78, 5) is 38.1. The first-order valence-corrected chi connectivity index (χ1v) is 7.64. The maximum absolute atomic E-state index is 12.4. The molecule has 0 atom stereocenters. The van der Waals surface area contributed by atoms with Gasteiger partial charge in [0.2, 0.25) is 0 Å². The van der Waals surface area contributed by atoms with E-state index in [1.165, 1.54) is 25.4 Å². The number of anilines is 1. The maximum Gasteiger partial charge on any atom is 0.334 e. The normalized spacial score (nSPS) is 15.3. The van der Waals surface area contributed by atoms with Gasteiger partial charge >= 0.3 is 5.69 Å². The Morgan fingerprint density at radius 2 is 2.00 bits per heavy atom. The molecule has 118 valence electrons. The van der Waals surface area contributed by atoms with Crippen molar-refractivity contribution in [1.82, 2.24) is 24.5 Å². The Labute approximate surface area is 130 Å². The van der Waals surface area contributed by atoms with Crippen LogP contribution in [0.5, 0.6) is 0 Å². The number of nitrogens with zero attached hydrogens (tertiary/aromatic N) is 3. The van der Waals surface area contributed by atoms with Crippen LogP contribution in [0.2, 0.25) is 0 Å². The quantitative estimate of drug-likeness (QED) is 0.672. The topological polar surface area (TPSA) is 108 Å². The molecule has 0 amide bonds. The number of pyridine rings is 1. The molecule has 1 aliphatic carbocycles. The number of nitrogens with one attached hydrogen (secondary N) is 3. The van der Waals surface area contributed by atoms with E-state index in [1.807, 2.05) is 0 Å². The van der Waals surface area contributed by atoms with Crippen molar-refractivity contribution in [1.29, 1.82) is 0 Å². The first-order valence-electron chi connectivity index (χ1n) is 7.64. The highest BCUT2D eigenvalue weighted by Gasteiger charge is 2.15. The van der Waals surface area contributed by atoms with Gasteiger partial charge in [0.15, 0.2) is 5.65 Å². The largest absolute Gasteiger partial charge is 0.367 e. The molecule has 1 aliphatic rings. The monoisotopic (exact) mass is 312 g/mol. The fourth-order valence-corrected chi connectivity index (χ4v) is 3.03. The van der Waals surface area contributed by atoms with E-state index in [4.69, 9.17) is 0 Å². The van der Waals surface area contributed by atoms with Crippen molar-refractivity contribution in [3.63, 3.8) is 0 Å². The highest BCUT2D eigenvalue weighted by molar-refractivity contribution is 5.68. The molecule has 3 aromatic rings. The molecule has 3 heterocycles. The standard InChI is InChI=1S/C15H16N6O2/c22-14-12-13(18-8-17-12)20-15(23)21(14)10-5-6-11(16-7-10)19-9-3-1-2-4-9/h5-9H,1-4H2,(H,16,19)(H,17,18)(H,20,23). The van der Waals surface area contributed by atoms with Gasteiger partial charge in [0.1, 0.15) is 11.3 Å². The molecular weight excluding hydrogens is 296 g/mol. The van der Waals surface area contributed by atoms with Crippen molar-refractivity contribution in [2.45, 2.75) is 31.7 Å². The summed E-state index contributed by atoms with van der Waals surface area (Å²) in [6.07, 6.45) is 7.68. The second-order valence-corrected chi connectivity index (χ2v) is 5.72. The molecule has 0 aromatic carbocycles. The number of fused-ring (bicyclic) bond motifs is 1. The Hall–Kier alpha value is -2.90. The lowest BCUT2D eigenvalue weighted by Gasteiger charge is -2.12. The van der Waals surface area contributed by atoms with E-state index in [0.717, 1.165) is 23.2 Å². The van der Waals surface area contributed by atoms with Crippen LogP contribution in [-0.2, 0) is 0 Å². The number of hydrogen-bond acceptors (Lipinski definition) is 5. The van der Waals surface area contributed by atoms with Crippen molar-refractivity contribution in [2.24, 2.45) is 0 Å². The third kappa shape index (κ3) is 2.41. The van der Waals surface area contributed by atoms with Crippen LogP contribution in [0.4, 0.5) is 5.82 Å². The highest BCUT2D eigenvalue weighted by atomic mass is 16.2. The van der Waals surface area contributed by atoms with Gasteiger partial charge in [-0.25, -0.2) is 19.3 Å². The van der Waals surface area contributed by atoms with Gasteiger partial charge in [0, 0.05) is 6.04 Å². The van der Waals surface area contributed by atoms with E-state index >= 15 is 0 Å². The van der Waals surface area contributed by atoms with E-state index in [9.17, 15) is 9.59 Å². The molecular formula is C15H16N6O2. The van der Waals surface area contributed by atoms with Crippen LogP contribution in [0.3, 0.4) is 0 Å². The lowest BCUT2D eigenvalue weighted by molar-refractivity contribution is 0.750. The lowest BCUT2D eigenvalue weighted by atomic mass is 10.2. The number of rotatable bonds is 3. The van der Waals surface area contributed by atoms with Crippen LogP contribution in [0, 0.1) is 0 Å². The van der Waals surface area contributed by atoms with Gasteiger partial charge in [0.25, 0.3) is 5.56 Å². The Balaban J connectivity index is 1.70. The van der Waals surface area contributed by atoms with Gasteiger partial charge in [-0.1, -0.05) is 12.8 Å². The number of hydrogen-bond donors (Lipinski definition) is 3. The van der Waals surface area contributed by atoms with Gasteiger partial charge in [-0.2, -0.15) is 0 Å². The molecule has 0 spiro atoms. The third-order valence-corrected chi connectivity index (χ3v) is 4.20. The van der Waals surface area contributed by atoms with Gasteiger partial charge in [-0.15, -0.1) is 0 Å². The third-order valence-electron chi connectivity index (χ3n) is 4.20. The SMILES string of the molecule is O=c1[nH]c2nc[nH]c2c(=O)n1-c1ccc(NC2CCCC2)nc1. The average Bonchev–Trinajstić information content (AvgIpc) is 3.20. The zero-order valence-electron chi connectivity index (χ0n) is 12.4. The fraction of sp³-hybridized carbons (Fsp3) is 0.333. The first-order chi connectivity index (χ1) is 11.2. The summed E-state index contributed by atoms with van der Waals surface area (Å²) in [6.45, 7) is 0. The van der Waals surface area contributed by atoms with Crippen LogP contribution in [-0.4, -0.2) is 30.5 Å². The number of H-pyrrole nitrogens is 2. The Kier molecular flexibility index (Phi) is 3.22. The van der Waals surface area contributed by atoms with Crippen LogP contribution in [0.1, 0.15) is 25.7 Å². The zero-order chi connectivity index (χ0) is 15.8. The summed E-state index contributed by atoms with van der Waals surface area (Å²) in [7, 11) is 0. The highest BCUT2D eigenvalue weighted by Crippen LogP contribution is 2.21. The van der Waals surface area contributed by atoms with Crippen molar-refractivity contribution < 1.29 is 0 Å². The van der Waals surface area contributed by atoms with Gasteiger partial charge in [-0.3, -0.25) is 9.78 Å². The van der Waals surface area contributed by atoms with E-state index in [0.29, 0.717) is 11.7 Å². The number of aromatic nitrogens is 5. The first kappa shape index (κ1) is 13.7. The van der Waals surface area contributed by atoms with Gasteiger partial charge in [-0.05, 0) is 25.0 Å². The van der Waals surface area contributed by atoms with Gasteiger partial charge < -0.3 is 10.3 Å². The molecule has 0 saturated heterocycles. The second-order valence-electron chi connectivity index (χ2n) is 5.72. The molecule has 0 unspecified atom stereocenters. The minimum absolute atomic E-state index is 0.253. The zero-order valence-corrected chi connectivity index (χ0v) is 12.4. The summed E-state index contributed by atoms with van der Waals surface area (Å²) in [5.41, 5.74) is -0.0429. The second kappa shape index (κ2) is 5.38. The molecule has 3 aromatic heterocycles. The maximum atomic E-state index is 12.4. The molecule has 1 saturated carbocycles. The van der Waals surface area contributed by atoms with E-state index in [1.54, 1.807) is 12.1 Å². The number of aromatic amines is 2. The van der Waals surface area contributed by atoms with Crippen molar-refractivity contribution >= 4 is 17.0 Å². The molecule has 0 aliphatic heterocycles. The van der Waals surface area contributed by atoms with E-state index in [2.05, 4.69) is 25.3 Å². The van der Waals surface area contributed by atoms with E-state index < -0.39 is 11.2 Å². The average molecular weight is 312 g/mol. The minimum Gasteiger partial charge on any atom is -0.367 e. The Morgan fingerprint density at radius 3 is 2.74 bits per heavy atom. The predicted octanol–water partition coefficient (Wildman–Crippen LogP) is 1.15. The smallest absolute Gasteiger partial charge is 0.334 e. The molecule has 4 rings (SSSR count). The van der Waals surface area contributed by atoms with Crippen LogP contribution >= 0.6 is 0 Å². The molecule has 0 radical (unpaired) electrons. The number of imidazole rings is 1. The van der Waals surface area contributed by atoms with Crippen LogP contribution in [0.15, 0.2) is 34.2 Å². The van der Waals surface area contributed by atoms with Crippen molar-refractivity contribution in [3.8, 4) is 5.69 Å². The van der Waals surface area contributed by atoms with Crippen molar-refractivity contribution in [3.05, 3.63) is 45.5 Å². The van der Waals surface area contributed by atoms with Crippen LogP contribution in [0.25, 0.3) is 16.9 Å². The van der Waals surface area contributed by atoms with Crippen LogP contribution < -0.4 is 16.6 Å².